The summed E-state index contributed by atoms with van der Waals surface area (Å²) in [5.41, 5.74) is 2.52. The van der Waals surface area contributed by atoms with Crippen molar-refractivity contribution >= 4 is 74.5 Å². The van der Waals surface area contributed by atoms with Crippen molar-refractivity contribution in [1.29, 1.82) is 0 Å². The van der Waals surface area contributed by atoms with Crippen LogP contribution in [0.3, 0.4) is 0 Å². The summed E-state index contributed by atoms with van der Waals surface area (Å²) in [6, 6.07) is 15.1. The zero-order valence-electron chi connectivity index (χ0n) is 21.1. The normalized spacial score (nSPS) is 16.7. The highest BCUT2D eigenvalue weighted by Gasteiger charge is 2.49. The van der Waals surface area contributed by atoms with Crippen molar-refractivity contribution in [2.24, 2.45) is 0 Å². The van der Waals surface area contributed by atoms with Crippen molar-refractivity contribution in [3.8, 4) is 0 Å². The van der Waals surface area contributed by atoms with Gasteiger partial charge in [0.25, 0.3) is 5.78 Å². The number of hydrogen-bond acceptors (Lipinski definition) is 8. The number of aryl methyl sites for hydroxylation is 1. The van der Waals surface area contributed by atoms with Crippen LogP contribution in [0.1, 0.15) is 28.6 Å². The first-order valence-corrected chi connectivity index (χ1v) is 14.7. The first kappa shape index (κ1) is 27.4. The number of benzene rings is 2. The Hall–Kier alpha value is -3.77. The van der Waals surface area contributed by atoms with Crippen molar-refractivity contribution in [3.63, 3.8) is 0 Å². The number of fused-ring (bicyclic) bond motifs is 1. The molecule has 1 saturated heterocycles. The number of Topliss-reactive ketones (excluding diaryl/α,β-unsaturated/α-hetero) is 1. The predicted molar refractivity (Wildman–Crippen MR) is 157 cm³/mol. The Kier molecular flexibility index (Phi) is 7.28. The molecule has 0 spiro atoms. The average molecular weight is 627 g/mol. The van der Waals surface area contributed by atoms with E-state index in [2.05, 4.69) is 15.2 Å². The van der Waals surface area contributed by atoms with E-state index in [1.165, 1.54) is 28.8 Å². The Morgan fingerprint density at radius 3 is 2.61 bits per heavy atom. The Balaban J connectivity index is 1.45. The molecule has 206 valence electrons. The molecule has 2 aromatic carbocycles. The highest BCUT2D eigenvalue weighted by Crippen LogP contribution is 2.45. The predicted octanol–water partition coefficient (Wildman–Crippen LogP) is 6.86. The van der Waals surface area contributed by atoms with Gasteiger partial charge in [-0.1, -0.05) is 70.6 Å². The number of hydrogen-bond donors (Lipinski definition) is 1. The van der Waals surface area contributed by atoms with E-state index in [0.717, 1.165) is 16.9 Å². The third-order valence-electron chi connectivity index (χ3n) is 6.51. The first-order valence-electron chi connectivity index (χ1n) is 12.1. The summed E-state index contributed by atoms with van der Waals surface area (Å²) in [6.07, 6.45) is 1.71. The molecule has 1 aliphatic heterocycles. The summed E-state index contributed by atoms with van der Waals surface area (Å²) in [7, 11) is 0. The second kappa shape index (κ2) is 10.9. The van der Waals surface area contributed by atoms with Gasteiger partial charge in [0.1, 0.15) is 17.2 Å². The Bertz CT molecular complexity index is 1870. The maximum absolute atomic E-state index is 13.6. The maximum Gasteiger partial charge on any atom is 0.301 e. The lowest BCUT2D eigenvalue weighted by Crippen LogP contribution is -2.29. The van der Waals surface area contributed by atoms with Crippen molar-refractivity contribution in [2.45, 2.75) is 23.1 Å². The average Bonchev–Trinajstić information content (AvgIpc) is 3.63. The second-order valence-corrected chi connectivity index (χ2v) is 12.1. The number of anilines is 1. The van der Waals surface area contributed by atoms with Gasteiger partial charge in [-0.05, 0) is 54.4 Å². The smallest absolute Gasteiger partial charge is 0.301 e. The summed E-state index contributed by atoms with van der Waals surface area (Å²) >= 11 is 15.0. The van der Waals surface area contributed by atoms with Gasteiger partial charge >= 0.3 is 5.91 Å². The summed E-state index contributed by atoms with van der Waals surface area (Å²) in [4.78, 5) is 32.8. The third-order valence-corrected chi connectivity index (χ3v) is 9.38. The summed E-state index contributed by atoms with van der Waals surface area (Å²) in [5, 5.41) is 20.7. The minimum atomic E-state index is -1.07. The monoisotopic (exact) mass is 625 g/mol. The maximum atomic E-state index is 13.6. The quantitative estimate of drug-likeness (QED) is 0.0723. The number of carbonyl (C=O) groups excluding carboxylic acids is 2. The lowest BCUT2D eigenvalue weighted by Gasteiger charge is -2.22. The van der Waals surface area contributed by atoms with E-state index in [9.17, 15) is 19.1 Å². The molecule has 1 fully saturated rings. The zero-order valence-corrected chi connectivity index (χ0v) is 24.2. The van der Waals surface area contributed by atoms with Crippen LogP contribution in [0.25, 0.3) is 11.4 Å². The van der Waals surface area contributed by atoms with E-state index in [-0.39, 0.29) is 33.0 Å². The van der Waals surface area contributed by atoms with Crippen molar-refractivity contribution in [3.05, 3.63) is 111 Å². The van der Waals surface area contributed by atoms with E-state index >= 15 is 0 Å². The first-order chi connectivity index (χ1) is 19.7. The molecule has 0 saturated carbocycles. The molecule has 1 amide bonds. The zero-order chi connectivity index (χ0) is 28.8. The molecule has 1 atom stereocenters. The third kappa shape index (κ3) is 4.99. The van der Waals surface area contributed by atoms with Gasteiger partial charge in [-0.15, -0.1) is 10.2 Å². The minimum absolute atomic E-state index is 0.141. The van der Waals surface area contributed by atoms with Crippen molar-refractivity contribution < 1.29 is 19.1 Å². The molecule has 1 unspecified atom stereocenters. The number of rotatable bonds is 6. The van der Waals surface area contributed by atoms with Gasteiger partial charge < -0.3 is 5.11 Å². The van der Waals surface area contributed by atoms with Crippen LogP contribution in [-0.4, -0.2) is 36.4 Å². The molecule has 1 aliphatic rings. The van der Waals surface area contributed by atoms with Crippen LogP contribution in [0.15, 0.2) is 76.8 Å². The van der Waals surface area contributed by atoms with E-state index < -0.39 is 17.7 Å². The molecule has 6 rings (SSSR count). The van der Waals surface area contributed by atoms with Crippen LogP contribution in [0.5, 0.6) is 0 Å². The number of aliphatic hydroxyl groups is 1. The lowest BCUT2D eigenvalue weighted by atomic mass is 9.96. The molecular formula is C28H18Cl2FN5O3S2. The highest BCUT2D eigenvalue weighted by atomic mass is 35.5. The number of nitrogens with zero attached hydrogens (tertiary/aromatic N) is 5. The molecule has 41 heavy (non-hydrogen) atoms. The van der Waals surface area contributed by atoms with Crippen molar-refractivity contribution in [2.75, 3.05) is 4.90 Å². The van der Waals surface area contributed by atoms with Gasteiger partial charge in [-0.3, -0.25) is 18.9 Å². The van der Waals surface area contributed by atoms with Gasteiger partial charge in [-0.25, -0.2) is 9.37 Å². The lowest BCUT2D eigenvalue weighted by molar-refractivity contribution is -0.132. The van der Waals surface area contributed by atoms with E-state index in [0.29, 0.717) is 32.0 Å². The molecule has 0 radical (unpaired) electrons. The van der Waals surface area contributed by atoms with E-state index in [1.807, 2.05) is 0 Å². The van der Waals surface area contributed by atoms with E-state index in [1.54, 1.807) is 66.1 Å². The fourth-order valence-electron chi connectivity index (χ4n) is 4.64. The van der Waals surface area contributed by atoms with Crippen LogP contribution in [-0.2, 0) is 15.3 Å². The van der Waals surface area contributed by atoms with Gasteiger partial charge in [-0.2, -0.15) is 0 Å². The number of carbonyl (C=O) groups is 2. The molecule has 3 aromatic heterocycles. The van der Waals surface area contributed by atoms with E-state index in [4.69, 9.17) is 23.2 Å². The van der Waals surface area contributed by atoms with Crippen LogP contribution >= 0.6 is 46.3 Å². The molecule has 13 heteroatoms. The van der Waals surface area contributed by atoms with Crippen LogP contribution in [0, 0.1) is 12.7 Å². The van der Waals surface area contributed by atoms with Crippen LogP contribution in [0.4, 0.5) is 9.52 Å². The Morgan fingerprint density at radius 1 is 1.07 bits per heavy atom. The fraction of sp³-hybridized carbons (Fsp3) is 0.107. The summed E-state index contributed by atoms with van der Waals surface area (Å²) in [5.74, 6) is -1.97. The number of pyridine rings is 1. The minimum Gasteiger partial charge on any atom is -0.505 e. The van der Waals surface area contributed by atoms with Gasteiger partial charge in [0, 0.05) is 11.9 Å². The topological polar surface area (TPSA) is 101 Å². The Morgan fingerprint density at radius 2 is 1.85 bits per heavy atom. The van der Waals surface area contributed by atoms with Crippen LogP contribution < -0.4 is 4.90 Å². The largest absolute Gasteiger partial charge is 0.505 e. The highest BCUT2D eigenvalue weighted by molar-refractivity contribution is 8.00. The van der Waals surface area contributed by atoms with Gasteiger partial charge in [0.05, 0.1) is 27.4 Å². The summed E-state index contributed by atoms with van der Waals surface area (Å²) < 4.78 is 15.5. The number of ketones is 1. The molecule has 5 aromatic rings. The standard InChI is InChI=1S/C28H18Cl2FN5O3S2/c1-14-22(35-11-3-2-4-20(35)32-14)24(37)21-23(16-7-10-18(29)19(30)12-16)36(26(39)25(21)38)27-33-34-28(41-27)40-13-15-5-8-17(31)9-6-15/h2-12,23,37H,13H2,1H3/b24-21+. The number of aromatic nitrogens is 4. The Labute approximate surface area is 251 Å². The van der Waals surface area contributed by atoms with Gasteiger partial charge in [0.15, 0.2) is 10.1 Å². The number of imidazole rings is 1. The van der Waals surface area contributed by atoms with Crippen LogP contribution in [0.2, 0.25) is 10.0 Å². The molecule has 8 nitrogen and oxygen atoms in total. The fourth-order valence-corrected chi connectivity index (χ4v) is 6.77. The second-order valence-electron chi connectivity index (χ2n) is 9.08. The summed E-state index contributed by atoms with van der Waals surface area (Å²) in [6.45, 7) is 1.71. The SMILES string of the molecule is Cc1nc2ccccn2c1/C(O)=C1\C(=O)C(=O)N(c2nnc(SCc3ccc(F)cc3)s2)C1c1ccc(Cl)c(Cl)c1. The number of thioether (sulfide) groups is 1. The molecular weight excluding hydrogens is 608 g/mol. The number of aliphatic hydroxyl groups excluding tert-OH is 1. The number of halogens is 3. The molecule has 1 N–H and O–H groups in total. The van der Waals surface area contributed by atoms with Crippen molar-refractivity contribution in [1.82, 2.24) is 19.6 Å². The molecule has 4 heterocycles. The van der Waals surface area contributed by atoms with Gasteiger partial charge in [0.2, 0.25) is 5.13 Å². The number of amides is 1. The molecule has 0 aliphatic carbocycles. The molecule has 0 bridgehead atoms.